The van der Waals surface area contributed by atoms with Crippen LogP contribution >= 0.6 is 11.6 Å². The molecule has 1 aliphatic heterocycles. The highest BCUT2D eigenvalue weighted by atomic mass is 35.5. The van der Waals surface area contributed by atoms with Crippen LogP contribution in [0.3, 0.4) is 0 Å². The second-order valence-electron chi connectivity index (χ2n) is 5.97. The van der Waals surface area contributed by atoms with E-state index < -0.39 is 0 Å². The Balaban J connectivity index is 2.09. The van der Waals surface area contributed by atoms with Crippen molar-refractivity contribution in [2.24, 2.45) is 5.73 Å². The third-order valence-electron chi connectivity index (χ3n) is 4.31. The van der Waals surface area contributed by atoms with E-state index in [-0.39, 0.29) is 6.04 Å². The first-order valence-corrected chi connectivity index (χ1v) is 8.53. The monoisotopic (exact) mass is 309 g/mol. The maximum atomic E-state index is 6.22. The van der Waals surface area contributed by atoms with Gasteiger partial charge in [0.1, 0.15) is 0 Å². The number of benzene rings is 1. The van der Waals surface area contributed by atoms with Gasteiger partial charge in [-0.2, -0.15) is 0 Å². The van der Waals surface area contributed by atoms with Crippen molar-refractivity contribution in [2.75, 3.05) is 37.6 Å². The van der Waals surface area contributed by atoms with Gasteiger partial charge < -0.3 is 10.6 Å². The van der Waals surface area contributed by atoms with E-state index in [4.69, 9.17) is 17.3 Å². The van der Waals surface area contributed by atoms with Crippen molar-refractivity contribution in [2.45, 2.75) is 39.2 Å². The second kappa shape index (κ2) is 8.02. The lowest BCUT2D eigenvalue weighted by atomic mass is 10.0. The Hall–Kier alpha value is -0.770. The summed E-state index contributed by atoms with van der Waals surface area (Å²) in [4.78, 5) is 5.01. The molecule has 21 heavy (non-hydrogen) atoms. The SMILES string of the molecule is CCCN1CCN(c2cc(Cl)ccc2CC(N)CC)CC1. The number of halogens is 1. The van der Waals surface area contributed by atoms with Crippen LogP contribution in [-0.2, 0) is 6.42 Å². The average Bonchev–Trinajstić information content (AvgIpc) is 2.50. The molecular formula is C17H28ClN3. The fourth-order valence-corrected chi connectivity index (χ4v) is 3.13. The summed E-state index contributed by atoms with van der Waals surface area (Å²) in [5.41, 5.74) is 8.75. The average molecular weight is 310 g/mol. The summed E-state index contributed by atoms with van der Waals surface area (Å²) in [6, 6.07) is 6.46. The summed E-state index contributed by atoms with van der Waals surface area (Å²) < 4.78 is 0. The van der Waals surface area contributed by atoms with Gasteiger partial charge in [-0.3, -0.25) is 4.90 Å². The van der Waals surface area contributed by atoms with E-state index in [9.17, 15) is 0 Å². The van der Waals surface area contributed by atoms with Crippen LogP contribution in [0.1, 0.15) is 32.3 Å². The Morgan fingerprint density at radius 2 is 1.90 bits per heavy atom. The molecule has 1 aromatic carbocycles. The first kappa shape index (κ1) is 16.6. The van der Waals surface area contributed by atoms with Gasteiger partial charge in [0.25, 0.3) is 0 Å². The molecule has 1 saturated heterocycles. The quantitative estimate of drug-likeness (QED) is 0.876. The Labute approximate surface area is 134 Å². The van der Waals surface area contributed by atoms with Gasteiger partial charge in [0.15, 0.2) is 0 Å². The molecule has 1 unspecified atom stereocenters. The van der Waals surface area contributed by atoms with E-state index in [1.165, 1.54) is 24.2 Å². The number of rotatable bonds is 6. The van der Waals surface area contributed by atoms with Crippen molar-refractivity contribution in [3.63, 3.8) is 0 Å². The molecule has 1 aromatic rings. The summed E-state index contributed by atoms with van der Waals surface area (Å²) in [6.07, 6.45) is 3.16. The molecule has 2 rings (SSSR count). The summed E-state index contributed by atoms with van der Waals surface area (Å²) in [5, 5.41) is 0.815. The van der Waals surface area contributed by atoms with E-state index in [0.29, 0.717) is 0 Å². The van der Waals surface area contributed by atoms with Crippen molar-refractivity contribution in [1.29, 1.82) is 0 Å². The molecule has 3 nitrogen and oxygen atoms in total. The van der Waals surface area contributed by atoms with E-state index >= 15 is 0 Å². The van der Waals surface area contributed by atoms with E-state index in [1.807, 2.05) is 6.07 Å². The lowest BCUT2D eigenvalue weighted by Crippen LogP contribution is -2.47. The van der Waals surface area contributed by atoms with Gasteiger partial charge in [-0.25, -0.2) is 0 Å². The molecule has 2 N–H and O–H groups in total. The van der Waals surface area contributed by atoms with Crippen molar-refractivity contribution in [3.8, 4) is 0 Å². The third-order valence-corrected chi connectivity index (χ3v) is 4.54. The number of piperazine rings is 1. The molecule has 118 valence electrons. The Morgan fingerprint density at radius 1 is 1.19 bits per heavy atom. The largest absolute Gasteiger partial charge is 0.369 e. The van der Waals surface area contributed by atoms with E-state index in [1.54, 1.807) is 0 Å². The molecule has 4 heteroatoms. The zero-order chi connectivity index (χ0) is 15.2. The second-order valence-corrected chi connectivity index (χ2v) is 6.41. The highest BCUT2D eigenvalue weighted by Crippen LogP contribution is 2.27. The molecule has 1 atom stereocenters. The van der Waals surface area contributed by atoms with Gasteiger partial charge in [-0.15, -0.1) is 0 Å². The predicted molar refractivity (Wildman–Crippen MR) is 92.4 cm³/mol. The van der Waals surface area contributed by atoms with Crippen molar-refractivity contribution >= 4 is 17.3 Å². The summed E-state index contributed by atoms with van der Waals surface area (Å²) >= 11 is 6.22. The maximum Gasteiger partial charge on any atom is 0.0426 e. The number of hydrogen-bond donors (Lipinski definition) is 1. The molecule has 0 aliphatic carbocycles. The van der Waals surface area contributed by atoms with Crippen LogP contribution in [0, 0.1) is 0 Å². The Bertz CT molecular complexity index is 442. The molecule has 1 heterocycles. The van der Waals surface area contributed by atoms with Gasteiger partial charge in [0.05, 0.1) is 0 Å². The minimum atomic E-state index is 0.228. The van der Waals surface area contributed by atoms with Crippen LogP contribution in [0.15, 0.2) is 18.2 Å². The maximum absolute atomic E-state index is 6.22. The van der Waals surface area contributed by atoms with Crippen LogP contribution in [-0.4, -0.2) is 43.7 Å². The zero-order valence-corrected chi connectivity index (χ0v) is 14.1. The van der Waals surface area contributed by atoms with E-state index in [0.717, 1.165) is 44.0 Å². The molecule has 0 radical (unpaired) electrons. The highest BCUT2D eigenvalue weighted by Gasteiger charge is 2.19. The van der Waals surface area contributed by atoms with Crippen LogP contribution < -0.4 is 10.6 Å². The summed E-state index contributed by atoms with van der Waals surface area (Å²) in [6.45, 7) is 10.0. The van der Waals surface area contributed by atoms with Crippen LogP contribution in [0.5, 0.6) is 0 Å². The summed E-state index contributed by atoms with van der Waals surface area (Å²) in [7, 11) is 0. The van der Waals surface area contributed by atoms with Gasteiger partial charge in [-0.05, 0) is 43.5 Å². The lowest BCUT2D eigenvalue weighted by molar-refractivity contribution is 0.258. The number of anilines is 1. The number of nitrogens with two attached hydrogens (primary N) is 1. The van der Waals surface area contributed by atoms with E-state index in [2.05, 4.69) is 35.8 Å². The highest BCUT2D eigenvalue weighted by molar-refractivity contribution is 6.30. The first-order chi connectivity index (χ1) is 10.1. The molecule has 1 aliphatic rings. The molecule has 1 fully saturated rings. The summed E-state index contributed by atoms with van der Waals surface area (Å²) in [5.74, 6) is 0. The fourth-order valence-electron chi connectivity index (χ4n) is 2.96. The first-order valence-electron chi connectivity index (χ1n) is 8.15. The number of nitrogens with zero attached hydrogens (tertiary/aromatic N) is 2. The molecule has 0 amide bonds. The van der Waals surface area contributed by atoms with Crippen molar-refractivity contribution in [3.05, 3.63) is 28.8 Å². The zero-order valence-electron chi connectivity index (χ0n) is 13.3. The number of hydrogen-bond acceptors (Lipinski definition) is 3. The van der Waals surface area contributed by atoms with Gasteiger partial charge in [0, 0.05) is 42.9 Å². The van der Waals surface area contributed by atoms with Gasteiger partial charge in [-0.1, -0.05) is 31.5 Å². The van der Waals surface area contributed by atoms with Crippen LogP contribution in [0.4, 0.5) is 5.69 Å². The molecule has 0 saturated carbocycles. The molecule has 0 spiro atoms. The van der Waals surface area contributed by atoms with Crippen LogP contribution in [0.25, 0.3) is 0 Å². The fraction of sp³-hybridized carbons (Fsp3) is 0.647. The standard InChI is InChI=1S/C17H28ClN3/c1-3-7-20-8-10-21(11-9-20)17-13-15(18)6-5-14(17)12-16(19)4-2/h5-6,13,16H,3-4,7-12,19H2,1-2H3. The Kier molecular flexibility index (Phi) is 6.34. The normalized spacial score (nSPS) is 18.0. The minimum absolute atomic E-state index is 0.228. The topological polar surface area (TPSA) is 32.5 Å². The van der Waals surface area contributed by atoms with Gasteiger partial charge >= 0.3 is 0 Å². The molecule has 0 bridgehead atoms. The molecule has 0 aromatic heterocycles. The predicted octanol–water partition coefficient (Wildman–Crippen LogP) is 3.15. The lowest BCUT2D eigenvalue weighted by Gasteiger charge is -2.37. The minimum Gasteiger partial charge on any atom is -0.369 e. The smallest absolute Gasteiger partial charge is 0.0426 e. The van der Waals surface area contributed by atoms with Gasteiger partial charge in [0.2, 0.25) is 0 Å². The molecular weight excluding hydrogens is 282 g/mol. The third kappa shape index (κ3) is 4.60. The van der Waals surface area contributed by atoms with Crippen LogP contribution in [0.2, 0.25) is 5.02 Å². The van der Waals surface area contributed by atoms with Crippen molar-refractivity contribution < 1.29 is 0 Å². The van der Waals surface area contributed by atoms with Crippen molar-refractivity contribution in [1.82, 2.24) is 4.90 Å². The Morgan fingerprint density at radius 3 is 2.52 bits per heavy atom.